The highest BCUT2D eigenvalue weighted by atomic mass is 35.5. The molecule has 0 saturated heterocycles. The molecule has 0 unspecified atom stereocenters. The second-order valence-corrected chi connectivity index (χ2v) is 6.78. The van der Waals surface area contributed by atoms with Gasteiger partial charge in [0.2, 0.25) is 0 Å². The number of halogens is 1. The highest BCUT2D eigenvalue weighted by Gasteiger charge is 2.12. The van der Waals surface area contributed by atoms with Gasteiger partial charge in [-0.05, 0) is 55.2 Å². The maximum atomic E-state index is 8.69. The van der Waals surface area contributed by atoms with Crippen molar-refractivity contribution in [2.45, 2.75) is 33.6 Å². The second kappa shape index (κ2) is 10.1. The van der Waals surface area contributed by atoms with Crippen molar-refractivity contribution >= 4 is 17.8 Å². The van der Waals surface area contributed by atoms with Crippen molar-refractivity contribution < 1.29 is 19.4 Å². The van der Waals surface area contributed by atoms with E-state index in [1.165, 1.54) is 17.3 Å². The van der Waals surface area contributed by atoms with Crippen molar-refractivity contribution in [3.8, 4) is 17.2 Å². The van der Waals surface area contributed by atoms with Crippen LogP contribution in [-0.4, -0.2) is 31.2 Å². The Morgan fingerprint density at radius 3 is 2.48 bits per heavy atom. The van der Waals surface area contributed by atoms with E-state index in [0.29, 0.717) is 47.8 Å². The molecule has 27 heavy (non-hydrogen) atoms. The molecule has 5 nitrogen and oxygen atoms in total. The molecule has 0 aromatic heterocycles. The molecular weight excluding hydrogens is 366 g/mol. The van der Waals surface area contributed by atoms with Gasteiger partial charge < -0.3 is 19.4 Å². The Bertz CT molecular complexity index is 790. The Kier molecular flexibility index (Phi) is 7.80. The predicted molar refractivity (Wildman–Crippen MR) is 108 cm³/mol. The third kappa shape index (κ3) is 5.79. The van der Waals surface area contributed by atoms with Crippen LogP contribution < -0.4 is 14.2 Å². The lowest BCUT2D eigenvalue weighted by Gasteiger charge is -2.15. The van der Waals surface area contributed by atoms with Crippen LogP contribution in [0.4, 0.5) is 0 Å². The summed E-state index contributed by atoms with van der Waals surface area (Å²) in [4.78, 5) is 0. The third-order valence-electron chi connectivity index (χ3n) is 4.00. The molecule has 2 aromatic carbocycles. The van der Waals surface area contributed by atoms with E-state index >= 15 is 0 Å². The summed E-state index contributed by atoms with van der Waals surface area (Å²) in [6, 6.07) is 9.47. The zero-order chi connectivity index (χ0) is 19.8. The SMILES string of the molecule is CCOc1cc(C=NO)cc(Cl)c1OCCOc1ccc(C(C)C)c(C)c1. The number of hydrogen-bond acceptors (Lipinski definition) is 5. The summed E-state index contributed by atoms with van der Waals surface area (Å²) in [6.45, 7) is 9.47. The van der Waals surface area contributed by atoms with Crippen molar-refractivity contribution in [3.05, 3.63) is 52.0 Å². The summed E-state index contributed by atoms with van der Waals surface area (Å²) in [5, 5.41) is 12.1. The number of rotatable bonds is 9. The molecule has 6 heteroatoms. The summed E-state index contributed by atoms with van der Waals surface area (Å²) in [7, 11) is 0. The first-order valence-electron chi connectivity index (χ1n) is 8.96. The monoisotopic (exact) mass is 391 g/mol. The van der Waals surface area contributed by atoms with E-state index in [-0.39, 0.29) is 0 Å². The molecule has 0 fully saturated rings. The normalized spacial score (nSPS) is 11.2. The van der Waals surface area contributed by atoms with Crippen molar-refractivity contribution in [1.29, 1.82) is 0 Å². The molecule has 1 N–H and O–H groups in total. The molecule has 0 bridgehead atoms. The first-order chi connectivity index (χ1) is 13.0. The Morgan fingerprint density at radius 2 is 1.85 bits per heavy atom. The van der Waals surface area contributed by atoms with E-state index in [0.717, 1.165) is 5.75 Å². The molecule has 0 aliphatic heterocycles. The molecule has 0 aliphatic carbocycles. The highest BCUT2D eigenvalue weighted by Crippen LogP contribution is 2.36. The average molecular weight is 392 g/mol. The maximum absolute atomic E-state index is 8.69. The first-order valence-corrected chi connectivity index (χ1v) is 9.34. The van der Waals surface area contributed by atoms with Gasteiger partial charge in [0.25, 0.3) is 0 Å². The Balaban J connectivity index is 1.99. The molecule has 0 amide bonds. The minimum absolute atomic E-state index is 0.318. The summed E-state index contributed by atoms with van der Waals surface area (Å²) in [5.41, 5.74) is 3.15. The van der Waals surface area contributed by atoms with Crippen LogP contribution in [0.1, 0.15) is 43.4 Å². The minimum Gasteiger partial charge on any atom is -0.490 e. The van der Waals surface area contributed by atoms with Gasteiger partial charge in [-0.15, -0.1) is 0 Å². The summed E-state index contributed by atoms with van der Waals surface area (Å²) >= 11 is 6.28. The van der Waals surface area contributed by atoms with Gasteiger partial charge in [-0.3, -0.25) is 0 Å². The fourth-order valence-electron chi connectivity index (χ4n) is 2.82. The van der Waals surface area contributed by atoms with Crippen LogP contribution in [0, 0.1) is 6.92 Å². The van der Waals surface area contributed by atoms with E-state index in [1.54, 1.807) is 12.1 Å². The van der Waals surface area contributed by atoms with Crippen molar-refractivity contribution in [3.63, 3.8) is 0 Å². The first kappa shape index (κ1) is 20.9. The topological polar surface area (TPSA) is 60.3 Å². The zero-order valence-corrected chi connectivity index (χ0v) is 16.9. The van der Waals surface area contributed by atoms with E-state index < -0.39 is 0 Å². The Labute approximate surface area is 165 Å². The number of benzene rings is 2. The highest BCUT2D eigenvalue weighted by molar-refractivity contribution is 6.32. The lowest BCUT2D eigenvalue weighted by atomic mass is 9.98. The number of oxime groups is 1. The van der Waals surface area contributed by atoms with Gasteiger partial charge in [0.1, 0.15) is 19.0 Å². The molecule has 0 atom stereocenters. The average Bonchev–Trinajstić information content (AvgIpc) is 2.60. The van der Waals surface area contributed by atoms with E-state index in [2.05, 4.69) is 32.0 Å². The van der Waals surface area contributed by atoms with E-state index in [9.17, 15) is 0 Å². The Hall–Kier alpha value is -2.40. The number of aryl methyl sites for hydroxylation is 1. The van der Waals surface area contributed by atoms with Gasteiger partial charge in [0.15, 0.2) is 11.5 Å². The smallest absolute Gasteiger partial charge is 0.179 e. The van der Waals surface area contributed by atoms with Crippen molar-refractivity contribution in [2.75, 3.05) is 19.8 Å². The lowest BCUT2D eigenvalue weighted by Crippen LogP contribution is -2.10. The van der Waals surface area contributed by atoms with Crippen LogP contribution in [0.15, 0.2) is 35.5 Å². The molecule has 2 rings (SSSR count). The molecule has 146 valence electrons. The summed E-state index contributed by atoms with van der Waals surface area (Å²) in [5.74, 6) is 2.24. The van der Waals surface area contributed by atoms with Crippen LogP contribution in [-0.2, 0) is 0 Å². The Morgan fingerprint density at radius 1 is 1.11 bits per heavy atom. The number of hydrogen-bond donors (Lipinski definition) is 1. The summed E-state index contributed by atoms with van der Waals surface area (Å²) in [6.07, 6.45) is 1.28. The molecule has 0 spiro atoms. The molecule has 0 aliphatic rings. The zero-order valence-electron chi connectivity index (χ0n) is 16.2. The lowest BCUT2D eigenvalue weighted by molar-refractivity contribution is 0.208. The van der Waals surface area contributed by atoms with Crippen LogP contribution in [0.5, 0.6) is 17.2 Å². The minimum atomic E-state index is 0.318. The number of ether oxygens (including phenoxy) is 3. The van der Waals surface area contributed by atoms with E-state index in [4.69, 9.17) is 31.0 Å². The molecular formula is C21H26ClNO4. The summed E-state index contributed by atoms with van der Waals surface area (Å²) < 4.78 is 17.1. The largest absolute Gasteiger partial charge is 0.490 e. The molecule has 0 saturated carbocycles. The quantitative estimate of drug-likeness (QED) is 0.268. The van der Waals surface area contributed by atoms with Crippen LogP contribution >= 0.6 is 11.6 Å². The fraction of sp³-hybridized carbons (Fsp3) is 0.381. The third-order valence-corrected chi connectivity index (χ3v) is 4.28. The van der Waals surface area contributed by atoms with Gasteiger partial charge in [-0.2, -0.15) is 0 Å². The predicted octanol–water partition coefficient (Wildman–Crippen LogP) is 5.44. The van der Waals surface area contributed by atoms with Crippen molar-refractivity contribution in [2.24, 2.45) is 5.16 Å². The molecule has 2 aromatic rings. The van der Waals surface area contributed by atoms with Crippen LogP contribution in [0.3, 0.4) is 0 Å². The fourth-order valence-corrected chi connectivity index (χ4v) is 3.09. The van der Waals surface area contributed by atoms with Gasteiger partial charge in [0.05, 0.1) is 17.8 Å². The van der Waals surface area contributed by atoms with Gasteiger partial charge in [-0.25, -0.2) is 0 Å². The standard InChI is InChI=1S/C21H26ClNO4/c1-5-25-20-12-16(13-23-24)11-19(22)21(20)27-9-8-26-17-6-7-18(14(2)3)15(4)10-17/h6-7,10-14,24H,5,8-9H2,1-4H3. The second-order valence-electron chi connectivity index (χ2n) is 6.38. The van der Waals surface area contributed by atoms with Gasteiger partial charge in [0, 0.05) is 5.56 Å². The number of nitrogens with zero attached hydrogens (tertiary/aromatic N) is 1. The van der Waals surface area contributed by atoms with E-state index in [1.807, 2.05) is 19.1 Å². The molecule has 0 radical (unpaired) electrons. The van der Waals surface area contributed by atoms with Crippen LogP contribution in [0.2, 0.25) is 5.02 Å². The van der Waals surface area contributed by atoms with Crippen molar-refractivity contribution in [1.82, 2.24) is 0 Å². The molecule has 0 heterocycles. The maximum Gasteiger partial charge on any atom is 0.179 e. The van der Waals surface area contributed by atoms with Gasteiger partial charge in [-0.1, -0.05) is 36.7 Å². The van der Waals surface area contributed by atoms with Crippen LogP contribution in [0.25, 0.3) is 0 Å². The van der Waals surface area contributed by atoms with Gasteiger partial charge >= 0.3 is 0 Å².